The lowest BCUT2D eigenvalue weighted by atomic mass is 10.3. The van der Waals surface area contributed by atoms with E-state index in [4.69, 9.17) is 28.9 Å². The van der Waals surface area contributed by atoms with E-state index in [1.54, 1.807) is 29.1 Å². The van der Waals surface area contributed by atoms with Gasteiger partial charge in [0, 0.05) is 16.7 Å². The van der Waals surface area contributed by atoms with Crippen LogP contribution in [0.2, 0.25) is 10.0 Å². The molecule has 0 atom stereocenters. The molecule has 2 aromatic heterocycles. The van der Waals surface area contributed by atoms with Gasteiger partial charge in [-0.25, -0.2) is 9.25 Å². The van der Waals surface area contributed by atoms with Gasteiger partial charge in [0.1, 0.15) is 24.2 Å². The number of hydrogen-bond acceptors (Lipinski definition) is 4. The maximum absolute atomic E-state index is 6.10. The fraction of sp³-hybridized carbons (Fsp3) is 0.125. The van der Waals surface area contributed by atoms with Crippen LogP contribution in [0.1, 0.15) is 5.56 Å². The normalized spacial score (nSPS) is 11.3. The first kappa shape index (κ1) is 16.4. The zero-order valence-corrected chi connectivity index (χ0v) is 14.4. The first-order chi connectivity index (χ1) is 11.5. The van der Waals surface area contributed by atoms with Crippen molar-refractivity contribution in [3.63, 3.8) is 0 Å². The molecule has 0 fully saturated rings. The van der Waals surface area contributed by atoms with Crippen molar-refractivity contribution in [2.75, 3.05) is 5.73 Å². The molecule has 0 unspecified atom stereocenters. The number of rotatable bonds is 4. The van der Waals surface area contributed by atoms with Crippen molar-refractivity contribution < 1.29 is 4.57 Å². The Balaban J connectivity index is 1.82. The zero-order chi connectivity index (χ0) is 17.1. The molecule has 0 spiro atoms. The average molecular weight is 362 g/mol. The van der Waals surface area contributed by atoms with Crippen LogP contribution < -0.4 is 10.3 Å². The van der Waals surface area contributed by atoms with Crippen LogP contribution in [0.4, 0.5) is 17.2 Å². The second kappa shape index (κ2) is 6.98. The number of benzene rings is 1. The lowest BCUT2D eigenvalue weighted by Gasteiger charge is -2.03. The Labute approximate surface area is 149 Å². The Morgan fingerprint density at radius 1 is 1.21 bits per heavy atom. The number of aryl methyl sites for hydroxylation is 1. The Morgan fingerprint density at radius 2 is 2.00 bits per heavy atom. The number of halogens is 2. The Bertz CT molecular complexity index is 903. The Kier molecular flexibility index (Phi) is 4.78. The van der Waals surface area contributed by atoms with Crippen LogP contribution in [0, 0.1) is 0 Å². The summed E-state index contributed by atoms with van der Waals surface area (Å²) in [4.78, 5) is 0. The van der Waals surface area contributed by atoms with Crippen molar-refractivity contribution >= 4 is 40.4 Å². The summed E-state index contributed by atoms with van der Waals surface area (Å²) in [5.41, 5.74) is 8.14. The number of aromatic nitrogens is 3. The lowest BCUT2D eigenvalue weighted by molar-refractivity contribution is -0.671. The maximum atomic E-state index is 6.10. The smallest absolute Gasteiger partial charge is 0.173 e. The molecule has 2 heterocycles. The molecule has 6 nitrogen and oxygen atoms in total. The van der Waals surface area contributed by atoms with Gasteiger partial charge in [-0.3, -0.25) is 0 Å². The summed E-state index contributed by atoms with van der Waals surface area (Å²) < 4.78 is 3.64. The van der Waals surface area contributed by atoms with Gasteiger partial charge in [0.25, 0.3) is 0 Å². The first-order valence-electron chi connectivity index (χ1n) is 7.15. The van der Waals surface area contributed by atoms with Crippen LogP contribution in [0.3, 0.4) is 0 Å². The van der Waals surface area contributed by atoms with E-state index in [0.29, 0.717) is 33.8 Å². The highest BCUT2D eigenvalue weighted by atomic mass is 35.5. The van der Waals surface area contributed by atoms with Gasteiger partial charge >= 0.3 is 0 Å². The molecule has 8 heteroatoms. The molecule has 3 rings (SSSR count). The van der Waals surface area contributed by atoms with Crippen molar-refractivity contribution in [3.05, 3.63) is 64.5 Å². The van der Waals surface area contributed by atoms with Gasteiger partial charge in [0.05, 0.1) is 17.8 Å². The predicted molar refractivity (Wildman–Crippen MR) is 94.0 cm³/mol. The van der Waals surface area contributed by atoms with E-state index in [1.165, 1.54) is 0 Å². The standard InChI is InChI=1S/C16H15Cl2N6/c1-23-6-2-3-11(9-23)10-24-16(19)15(8-20-24)22-21-14-7-12(17)4-5-13(14)18/h2-9H,10,19H2,1H3/q+1. The van der Waals surface area contributed by atoms with E-state index < -0.39 is 0 Å². The molecule has 0 radical (unpaired) electrons. The third-order valence-corrected chi connectivity index (χ3v) is 3.92. The molecule has 122 valence electrons. The molecular weight excluding hydrogens is 347 g/mol. The summed E-state index contributed by atoms with van der Waals surface area (Å²) >= 11 is 12.0. The summed E-state index contributed by atoms with van der Waals surface area (Å²) in [6.45, 7) is 0.550. The fourth-order valence-corrected chi connectivity index (χ4v) is 2.50. The number of nitrogens with zero attached hydrogens (tertiary/aromatic N) is 5. The van der Waals surface area contributed by atoms with Gasteiger partial charge in [0.2, 0.25) is 0 Å². The molecular formula is C16H15Cl2N6+. The van der Waals surface area contributed by atoms with Gasteiger partial charge < -0.3 is 5.73 Å². The van der Waals surface area contributed by atoms with E-state index in [-0.39, 0.29) is 0 Å². The van der Waals surface area contributed by atoms with Crippen molar-refractivity contribution in [2.24, 2.45) is 17.3 Å². The summed E-state index contributed by atoms with van der Waals surface area (Å²) in [6, 6.07) is 8.97. The molecule has 0 aliphatic rings. The fourth-order valence-electron chi connectivity index (χ4n) is 2.17. The van der Waals surface area contributed by atoms with Crippen LogP contribution in [0.25, 0.3) is 0 Å². The minimum absolute atomic E-state index is 0.434. The quantitative estimate of drug-likeness (QED) is 0.562. The number of nitrogens with two attached hydrogens (primary N) is 1. The lowest BCUT2D eigenvalue weighted by Crippen LogP contribution is -2.27. The highest BCUT2D eigenvalue weighted by molar-refractivity contribution is 6.35. The molecule has 3 aromatic rings. The predicted octanol–water partition coefficient (Wildman–Crippen LogP) is 4.06. The molecule has 0 saturated carbocycles. The average Bonchev–Trinajstić information content (AvgIpc) is 2.89. The van der Waals surface area contributed by atoms with Crippen molar-refractivity contribution in [2.45, 2.75) is 6.54 Å². The van der Waals surface area contributed by atoms with Gasteiger partial charge in [-0.05, 0) is 24.3 Å². The molecule has 0 saturated heterocycles. The monoisotopic (exact) mass is 361 g/mol. The SMILES string of the molecule is C[n+]1cccc(Cn2ncc(N=Nc3cc(Cl)ccc3Cl)c2N)c1. The molecule has 0 amide bonds. The third kappa shape index (κ3) is 3.72. The van der Waals surface area contributed by atoms with Gasteiger partial charge in [0.15, 0.2) is 12.4 Å². The second-order valence-electron chi connectivity index (χ2n) is 5.25. The molecule has 0 aliphatic carbocycles. The Morgan fingerprint density at radius 3 is 2.79 bits per heavy atom. The van der Waals surface area contributed by atoms with Crippen molar-refractivity contribution in [3.8, 4) is 0 Å². The van der Waals surface area contributed by atoms with Crippen LogP contribution >= 0.6 is 23.2 Å². The third-order valence-electron chi connectivity index (χ3n) is 3.37. The summed E-state index contributed by atoms with van der Waals surface area (Å²) in [5, 5.41) is 13.5. The highest BCUT2D eigenvalue weighted by Gasteiger charge is 2.09. The van der Waals surface area contributed by atoms with E-state index >= 15 is 0 Å². The number of hydrogen-bond donors (Lipinski definition) is 1. The number of pyridine rings is 1. The Hall–Kier alpha value is -2.44. The van der Waals surface area contributed by atoms with E-state index in [2.05, 4.69) is 15.3 Å². The molecule has 0 aliphatic heterocycles. The number of nitrogen functional groups attached to an aromatic ring is 1. The van der Waals surface area contributed by atoms with Crippen LogP contribution in [0.5, 0.6) is 0 Å². The minimum atomic E-state index is 0.434. The molecule has 1 aromatic carbocycles. The molecule has 0 bridgehead atoms. The number of anilines is 1. The van der Waals surface area contributed by atoms with Gasteiger partial charge in [-0.2, -0.15) is 5.10 Å². The van der Waals surface area contributed by atoms with Gasteiger partial charge in [-0.1, -0.05) is 23.2 Å². The van der Waals surface area contributed by atoms with Crippen molar-refractivity contribution in [1.29, 1.82) is 0 Å². The zero-order valence-electron chi connectivity index (χ0n) is 12.9. The largest absolute Gasteiger partial charge is 0.382 e. The maximum Gasteiger partial charge on any atom is 0.173 e. The van der Waals surface area contributed by atoms with Gasteiger partial charge in [-0.15, -0.1) is 10.2 Å². The molecule has 2 N–H and O–H groups in total. The number of azo groups is 1. The topological polar surface area (TPSA) is 72.4 Å². The summed E-state index contributed by atoms with van der Waals surface area (Å²) in [7, 11) is 1.96. The molecule has 24 heavy (non-hydrogen) atoms. The summed E-state index contributed by atoms with van der Waals surface area (Å²) in [6.07, 6.45) is 5.54. The van der Waals surface area contributed by atoms with Crippen LogP contribution in [-0.2, 0) is 13.6 Å². The van der Waals surface area contributed by atoms with Crippen LogP contribution in [-0.4, -0.2) is 9.78 Å². The second-order valence-corrected chi connectivity index (χ2v) is 6.09. The van der Waals surface area contributed by atoms with E-state index in [9.17, 15) is 0 Å². The minimum Gasteiger partial charge on any atom is -0.382 e. The van der Waals surface area contributed by atoms with Crippen LogP contribution in [0.15, 0.2) is 59.2 Å². The van der Waals surface area contributed by atoms with Crippen molar-refractivity contribution in [1.82, 2.24) is 9.78 Å². The van der Waals surface area contributed by atoms with E-state index in [1.807, 2.05) is 36.1 Å². The van der Waals surface area contributed by atoms with E-state index in [0.717, 1.165) is 5.56 Å². The summed E-state index contributed by atoms with van der Waals surface area (Å²) in [5.74, 6) is 0.434. The first-order valence-corrected chi connectivity index (χ1v) is 7.91. The highest BCUT2D eigenvalue weighted by Crippen LogP contribution is 2.31.